The smallest absolute Gasteiger partial charge is 0.127 e. The minimum atomic E-state index is 0.565. The van der Waals surface area contributed by atoms with Crippen molar-refractivity contribution in [2.75, 3.05) is 6.61 Å². The molecule has 1 heteroatoms. The largest absolute Gasteiger partial charge is 0.489 e. The van der Waals surface area contributed by atoms with Gasteiger partial charge >= 0.3 is 0 Å². The van der Waals surface area contributed by atoms with Gasteiger partial charge in [-0.1, -0.05) is 19.9 Å². The first-order valence-electron chi connectivity index (χ1n) is 5.12. The second-order valence-corrected chi connectivity index (χ2v) is 4.11. The molecule has 0 spiro atoms. The Morgan fingerprint density at radius 1 is 1.29 bits per heavy atom. The van der Waals surface area contributed by atoms with Crippen LogP contribution in [0, 0.1) is 6.92 Å². The van der Waals surface area contributed by atoms with Crippen LogP contribution < -0.4 is 4.74 Å². The highest BCUT2D eigenvalue weighted by molar-refractivity contribution is 5.61. The standard InChI is InChI=1S/C13H16O/c1-9(2)12-8-13-11(7-10(12)3)5-4-6-14-13/h4-5,7-9H,6H2,1-3H3. The van der Waals surface area contributed by atoms with Crippen molar-refractivity contribution >= 4 is 6.08 Å². The summed E-state index contributed by atoms with van der Waals surface area (Å²) in [4.78, 5) is 0. The number of aryl methyl sites for hydroxylation is 1. The lowest BCUT2D eigenvalue weighted by atomic mass is 9.95. The van der Waals surface area contributed by atoms with E-state index in [1.54, 1.807) is 0 Å². The van der Waals surface area contributed by atoms with Crippen molar-refractivity contribution in [3.8, 4) is 5.75 Å². The third-order valence-corrected chi connectivity index (χ3v) is 2.65. The summed E-state index contributed by atoms with van der Waals surface area (Å²) < 4.78 is 5.58. The molecule has 2 rings (SSSR count). The van der Waals surface area contributed by atoms with E-state index in [0.29, 0.717) is 12.5 Å². The minimum Gasteiger partial charge on any atom is -0.489 e. The maximum atomic E-state index is 5.58. The molecule has 1 aliphatic heterocycles. The molecule has 0 radical (unpaired) electrons. The molecular formula is C13H16O. The highest BCUT2D eigenvalue weighted by Gasteiger charge is 2.11. The number of hydrogen-bond acceptors (Lipinski definition) is 1. The number of ether oxygens (including phenoxy) is 1. The molecule has 1 aliphatic rings. The summed E-state index contributed by atoms with van der Waals surface area (Å²) in [7, 11) is 0. The van der Waals surface area contributed by atoms with Crippen LogP contribution in [0.2, 0.25) is 0 Å². The summed E-state index contributed by atoms with van der Waals surface area (Å²) in [5, 5.41) is 0. The first-order valence-corrected chi connectivity index (χ1v) is 5.12. The van der Waals surface area contributed by atoms with Crippen LogP contribution in [0.15, 0.2) is 18.2 Å². The van der Waals surface area contributed by atoms with Gasteiger partial charge in [0.1, 0.15) is 12.4 Å². The normalized spacial score (nSPS) is 14.0. The lowest BCUT2D eigenvalue weighted by Gasteiger charge is -2.17. The molecule has 0 aromatic heterocycles. The molecule has 0 N–H and O–H groups in total. The Morgan fingerprint density at radius 2 is 2.07 bits per heavy atom. The molecular weight excluding hydrogens is 172 g/mol. The zero-order chi connectivity index (χ0) is 10.1. The number of rotatable bonds is 1. The lowest BCUT2D eigenvalue weighted by molar-refractivity contribution is 0.358. The number of benzene rings is 1. The van der Waals surface area contributed by atoms with Gasteiger partial charge in [-0.25, -0.2) is 0 Å². The molecule has 0 saturated heterocycles. The van der Waals surface area contributed by atoms with E-state index in [9.17, 15) is 0 Å². The van der Waals surface area contributed by atoms with E-state index in [1.165, 1.54) is 16.7 Å². The second-order valence-electron chi connectivity index (χ2n) is 4.11. The maximum absolute atomic E-state index is 5.58. The van der Waals surface area contributed by atoms with Crippen molar-refractivity contribution in [3.63, 3.8) is 0 Å². The van der Waals surface area contributed by atoms with E-state index < -0.39 is 0 Å². The second kappa shape index (κ2) is 3.49. The molecule has 0 unspecified atom stereocenters. The summed E-state index contributed by atoms with van der Waals surface area (Å²) >= 11 is 0. The maximum Gasteiger partial charge on any atom is 0.127 e. The fourth-order valence-corrected chi connectivity index (χ4v) is 1.92. The molecule has 14 heavy (non-hydrogen) atoms. The van der Waals surface area contributed by atoms with Crippen LogP contribution in [0.5, 0.6) is 5.75 Å². The Hall–Kier alpha value is -1.24. The van der Waals surface area contributed by atoms with Gasteiger partial charge in [0.2, 0.25) is 0 Å². The van der Waals surface area contributed by atoms with Gasteiger partial charge in [-0.2, -0.15) is 0 Å². The molecule has 74 valence electrons. The average molecular weight is 188 g/mol. The lowest BCUT2D eigenvalue weighted by Crippen LogP contribution is -2.03. The van der Waals surface area contributed by atoms with Crippen molar-refractivity contribution in [1.82, 2.24) is 0 Å². The topological polar surface area (TPSA) is 9.23 Å². The molecule has 1 aromatic rings. The van der Waals surface area contributed by atoms with E-state index in [0.717, 1.165) is 5.75 Å². The Morgan fingerprint density at radius 3 is 2.79 bits per heavy atom. The van der Waals surface area contributed by atoms with Gasteiger partial charge in [0, 0.05) is 5.56 Å². The fraction of sp³-hybridized carbons (Fsp3) is 0.385. The van der Waals surface area contributed by atoms with E-state index in [-0.39, 0.29) is 0 Å². The van der Waals surface area contributed by atoms with Gasteiger partial charge in [0.25, 0.3) is 0 Å². The Bertz CT molecular complexity index is 375. The van der Waals surface area contributed by atoms with E-state index in [4.69, 9.17) is 4.74 Å². The minimum absolute atomic E-state index is 0.565. The molecule has 0 saturated carbocycles. The Labute approximate surface area is 85.4 Å². The van der Waals surface area contributed by atoms with Crippen molar-refractivity contribution < 1.29 is 4.74 Å². The third kappa shape index (κ3) is 1.54. The molecule has 1 nitrogen and oxygen atoms in total. The monoisotopic (exact) mass is 188 g/mol. The predicted octanol–water partition coefficient (Wildman–Crippen LogP) is 3.52. The quantitative estimate of drug-likeness (QED) is 0.655. The molecule has 0 amide bonds. The van der Waals surface area contributed by atoms with Crippen molar-refractivity contribution in [2.45, 2.75) is 26.7 Å². The van der Waals surface area contributed by atoms with E-state index in [2.05, 4.69) is 45.1 Å². The van der Waals surface area contributed by atoms with Gasteiger partial charge in [0.15, 0.2) is 0 Å². The van der Waals surface area contributed by atoms with Crippen molar-refractivity contribution in [2.24, 2.45) is 0 Å². The van der Waals surface area contributed by atoms with Crippen LogP contribution in [0.25, 0.3) is 6.08 Å². The van der Waals surface area contributed by atoms with Gasteiger partial charge in [-0.3, -0.25) is 0 Å². The Balaban J connectivity index is 2.52. The summed E-state index contributed by atoms with van der Waals surface area (Å²) in [6.07, 6.45) is 4.19. The summed E-state index contributed by atoms with van der Waals surface area (Å²) in [6, 6.07) is 4.39. The average Bonchev–Trinajstić information content (AvgIpc) is 2.16. The van der Waals surface area contributed by atoms with Crippen LogP contribution in [-0.2, 0) is 0 Å². The summed E-state index contributed by atoms with van der Waals surface area (Å²) in [6.45, 7) is 7.30. The van der Waals surface area contributed by atoms with E-state index in [1.807, 2.05) is 0 Å². The van der Waals surface area contributed by atoms with Crippen LogP contribution in [0.3, 0.4) is 0 Å². The summed E-state index contributed by atoms with van der Waals surface area (Å²) in [5.41, 5.74) is 3.95. The molecule has 0 bridgehead atoms. The molecule has 0 fully saturated rings. The number of fused-ring (bicyclic) bond motifs is 1. The molecule has 0 atom stereocenters. The SMILES string of the molecule is Cc1cc2c(cc1C(C)C)OCC=C2. The highest BCUT2D eigenvalue weighted by Crippen LogP contribution is 2.30. The van der Waals surface area contributed by atoms with Crippen LogP contribution >= 0.6 is 0 Å². The fourth-order valence-electron chi connectivity index (χ4n) is 1.92. The van der Waals surface area contributed by atoms with Crippen molar-refractivity contribution in [1.29, 1.82) is 0 Å². The van der Waals surface area contributed by atoms with Crippen molar-refractivity contribution in [3.05, 3.63) is 34.9 Å². The van der Waals surface area contributed by atoms with E-state index >= 15 is 0 Å². The zero-order valence-electron chi connectivity index (χ0n) is 9.00. The molecule has 1 heterocycles. The van der Waals surface area contributed by atoms with Gasteiger partial charge in [0.05, 0.1) is 0 Å². The van der Waals surface area contributed by atoms with Crippen LogP contribution in [0.4, 0.5) is 0 Å². The molecule has 0 aliphatic carbocycles. The van der Waals surface area contributed by atoms with Crippen LogP contribution in [-0.4, -0.2) is 6.61 Å². The van der Waals surface area contributed by atoms with Gasteiger partial charge < -0.3 is 4.74 Å². The number of hydrogen-bond donors (Lipinski definition) is 0. The Kier molecular flexibility index (Phi) is 2.32. The third-order valence-electron chi connectivity index (χ3n) is 2.65. The first kappa shape index (κ1) is 9.32. The van der Waals surface area contributed by atoms with Crippen LogP contribution in [0.1, 0.15) is 36.5 Å². The van der Waals surface area contributed by atoms with Gasteiger partial charge in [-0.15, -0.1) is 0 Å². The highest BCUT2D eigenvalue weighted by atomic mass is 16.5. The first-order chi connectivity index (χ1) is 6.68. The zero-order valence-corrected chi connectivity index (χ0v) is 9.00. The summed E-state index contributed by atoms with van der Waals surface area (Å²) in [5.74, 6) is 1.59. The van der Waals surface area contributed by atoms with Gasteiger partial charge in [-0.05, 0) is 42.2 Å². The molecule has 1 aromatic carbocycles. The predicted molar refractivity (Wildman–Crippen MR) is 59.8 cm³/mol.